The topological polar surface area (TPSA) is 73.1 Å². The van der Waals surface area contributed by atoms with E-state index in [4.69, 9.17) is 19.2 Å². The van der Waals surface area contributed by atoms with Gasteiger partial charge >= 0.3 is 0 Å². The molecule has 0 bridgehead atoms. The molecule has 0 aliphatic heterocycles. The maximum absolute atomic E-state index is 5.54. The normalized spacial score (nSPS) is 11.1. The predicted octanol–water partition coefficient (Wildman–Crippen LogP) is 3.38. The van der Waals surface area contributed by atoms with Crippen LogP contribution in [0.1, 0.15) is 29.4 Å². The lowest BCUT2D eigenvalue weighted by Gasteiger charge is -2.23. The number of ether oxygens (including phenoxy) is 3. The summed E-state index contributed by atoms with van der Waals surface area (Å²) >= 11 is 0. The lowest BCUT2D eigenvalue weighted by molar-refractivity contribution is 0.182. The number of aliphatic imine (C=N–C) groups is 1. The molecule has 0 saturated carbocycles. The minimum absolute atomic E-state index is 0. The Kier molecular flexibility index (Phi) is 11.7. The van der Waals surface area contributed by atoms with Gasteiger partial charge < -0.3 is 24.4 Å². The second-order valence-corrected chi connectivity index (χ2v) is 7.07. The minimum atomic E-state index is 0. The van der Waals surface area contributed by atoms with Gasteiger partial charge in [0, 0.05) is 50.1 Å². The Labute approximate surface area is 203 Å². The summed E-state index contributed by atoms with van der Waals surface area (Å²) in [5.41, 5.74) is 4.34. The zero-order chi connectivity index (χ0) is 22.1. The number of nitrogens with one attached hydrogen (secondary N) is 1. The summed E-state index contributed by atoms with van der Waals surface area (Å²) in [7, 11) is 7.04. The van der Waals surface area contributed by atoms with E-state index in [9.17, 15) is 0 Å². The molecule has 1 aromatic carbocycles. The SMILES string of the molecule is CCNC(=NCc1c(C)nn(CCOC)c1C)N(C)Cc1ccc(OC)cc1OC.I. The van der Waals surface area contributed by atoms with E-state index in [1.807, 2.05) is 36.9 Å². The zero-order valence-electron chi connectivity index (χ0n) is 19.7. The summed E-state index contributed by atoms with van der Waals surface area (Å²) in [6.45, 7) is 9.56. The number of methoxy groups -OCH3 is 3. The fourth-order valence-electron chi connectivity index (χ4n) is 3.29. The van der Waals surface area contributed by atoms with Crippen LogP contribution in [0.25, 0.3) is 0 Å². The van der Waals surface area contributed by atoms with E-state index in [2.05, 4.69) is 29.2 Å². The van der Waals surface area contributed by atoms with Crippen molar-refractivity contribution in [1.82, 2.24) is 20.0 Å². The first-order valence-corrected chi connectivity index (χ1v) is 10.2. The van der Waals surface area contributed by atoms with Crippen molar-refractivity contribution in [3.63, 3.8) is 0 Å². The highest BCUT2D eigenvalue weighted by Crippen LogP contribution is 2.25. The Morgan fingerprint density at radius 2 is 1.94 bits per heavy atom. The molecule has 174 valence electrons. The van der Waals surface area contributed by atoms with Crippen LogP contribution in [-0.2, 0) is 24.4 Å². The molecule has 0 radical (unpaired) electrons. The molecule has 0 spiro atoms. The first kappa shape index (κ1) is 27.0. The van der Waals surface area contributed by atoms with Gasteiger partial charge in [-0.15, -0.1) is 24.0 Å². The standard InChI is InChI=1S/C22H35N5O3.HI/c1-8-23-22(24-14-20-16(2)25-27(17(20)3)11-12-28-5)26(4)15-18-9-10-19(29-6)13-21(18)30-7;/h9-10,13H,8,11-12,14-15H2,1-7H3,(H,23,24);1H. The summed E-state index contributed by atoms with van der Waals surface area (Å²) < 4.78 is 18.0. The molecule has 1 N–H and O–H groups in total. The van der Waals surface area contributed by atoms with Gasteiger partial charge in [0.1, 0.15) is 11.5 Å². The van der Waals surface area contributed by atoms with E-state index < -0.39 is 0 Å². The van der Waals surface area contributed by atoms with Crippen molar-refractivity contribution in [2.75, 3.05) is 41.5 Å². The molecule has 2 rings (SSSR count). The summed E-state index contributed by atoms with van der Waals surface area (Å²) in [4.78, 5) is 6.96. The smallest absolute Gasteiger partial charge is 0.194 e. The Bertz CT molecular complexity index is 854. The van der Waals surface area contributed by atoms with E-state index in [-0.39, 0.29) is 24.0 Å². The second kappa shape index (κ2) is 13.4. The molecule has 8 nitrogen and oxygen atoms in total. The van der Waals surface area contributed by atoms with Crippen LogP contribution in [0.3, 0.4) is 0 Å². The molecule has 0 aliphatic rings. The molecule has 2 aromatic rings. The number of nitrogens with zero attached hydrogens (tertiary/aromatic N) is 4. The number of guanidine groups is 1. The largest absolute Gasteiger partial charge is 0.497 e. The fraction of sp³-hybridized carbons (Fsp3) is 0.545. The van der Waals surface area contributed by atoms with Crippen LogP contribution in [0.2, 0.25) is 0 Å². The number of halogens is 1. The molecule has 1 aromatic heterocycles. The van der Waals surface area contributed by atoms with Gasteiger partial charge in [0.2, 0.25) is 0 Å². The third kappa shape index (κ3) is 7.27. The molecule has 9 heteroatoms. The summed E-state index contributed by atoms with van der Waals surface area (Å²) in [6.07, 6.45) is 0. The highest BCUT2D eigenvalue weighted by molar-refractivity contribution is 14.0. The molecular weight excluding hydrogens is 509 g/mol. The van der Waals surface area contributed by atoms with E-state index in [1.165, 1.54) is 0 Å². The van der Waals surface area contributed by atoms with E-state index in [1.54, 1.807) is 21.3 Å². The number of benzene rings is 1. The van der Waals surface area contributed by atoms with Gasteiger partial charge in [-0.3, -0.25) is 4.68 Å². The Morgan fingerprint density at radius 3 is 2.55 bits per heavy atom. The molecule has 0 atom stereocenters. The molecule has 0 fully saturated rings. The van der Waals surface area contributed by atoms with Gasteiger partial charge in [0.15, 0.2) is 5.96 Å². The van der Waals surface area contributed by atoms with Crippen LogP contribution in [-0.4, -0.2) is 62.2 Å². The van der Waals surface area contributed by atoms with Crippen LogP contribution in [0.4, 0.5) is 0 Å². The highest BCUT2D eigenvalue weighted by atomic mass is 127. The van der Waals surface area contributed by atoms with Crippen LogP contribution in [0.15, 0.2) is 23.2 Å². The molecule has 0 saturated heterocycles. The predicted molar refractivity (Wildman–Crippen MR) is 135 cm³/mol. The van der Waals surface area contributed by atoms with Crippen LogP contribution < -0.4 is 14.8 Å². The van der Waals surface area contributed by atoms with Gasteiger partial charge in [0.05, 0.1) is 39.6 Å². The van der Waals surface area contributed by atoms with Crippen molar-refractivity contribution in [3.8, 4) is 11.5 Å². The third-order valence-electron chi connectivity index (χ3n) is 5.02. The highest BCUT2D eigenvalue weighted by Gasteiger charge is 2.14. The number of aryl methyl sites for hydroxylation is 1. The van der Waals surface area contributed by atoms with Crippen LogP contribution >= 0.6 is 24.0 Å². The molecule has 0 amide bonds. The van der Waals surface area contributed by atoms with Gasteiger partial charge in [-0.25, -0.2) is 4.99 Å². The second-order valence-electron chi connectivity index (χ2n) is 7.07. The summed E-state index contributed by atoms with van der Waals surface area (Å²) in [6, 6.07) is 5.86. The van der Waals surface area contributed by atoms with Crippen molar-refractivity contribution < 1.29 is 14.2 Å². The van der Waals surface area contributed by atoms with Gasteiger partial charge in [0.25, 0.3) is 0 Å². The van der Waals surface area contributed by atoms with E-state index in [0.717, 1.165) is 53.1 Å². The van der Waals surface area contributed by atoms with Crippen LogP contribution in [0, 0.1) is 13.8 Å². The third-order valence-corrected chi connectivity index (χ3v) is 5.02. The van der Waals surface area contributed by atoms with Gasteiger partial charge in [-0.05, 0) is 32.9 Å². The van der Waals surface area contributed by atoms with Crippen molar-refractivity contribution in [3.05, 3.63) is 40.7 Å². The average Bonchev–Trinajstić information content (AvgIpc) is 3.02. The molecule has 0 unspecified atom stereocenters. The van der Waals surface area contributed by atoms with E-state index >= 15 is 0 Å². The fourth-order valence-corrected chi connectivity index (χ4v) is 3.29. The molecule has 0 aliphatic carbocycles. The lowest BCUT2D eigenvalue weighted by atomic mass is 10.2. The molecule has 1 heterocycles. The monoisotopic (exact) mass is 545 g/mol. The van der Waals surface area contributed by atoms with Crippen molar-refractivity contribution in [2.24, 2.45) is 4.99 Å². The Hall–Kier alpha value is -2.01. The van der Waals surface area contributed by atoms with E-state index in [0.29, 0.717) is 19.7 Å². The molecule has 31 heavy (non-hydrogen) atoms. The minimum Gasteiger partial charge on any atom is -0.497 e. The first-order chi connectivity index (χ1) is 14.4. The van der Waals surface area contributed by atoms with Crippen molar-refractivity contribution in [1.29, 1.82) is 0 Å². The van der Waals surface area contributed by atoms with Crippen molar-refractivity contribution >= 4 is 29.9 Å². The summed E-state index contributed by atoms with van der Waals surface area (Å²) in [5.74, 6) is 2.40. The average molecular weight is 545 g/mol. The number of hydrogen-bond donors (Lipinski definition) is 1. The first-order valence-electron chi connectivity index (χ1n) is 10.2. The maximum Gasteiger partial charge on any atom is 0.194 e. The van der Waals surface area contributed by atoms with Crippen LogP contribution in [0.5, 0.6) is 11.5 Å². The quantitative estimate of drug-likeness (QED) is 0.281. The zero-order valence-corrected chi connectivity index (χ0v) is 22.0. The number of hydrogen-bond acceptors (Lipinski definition) is 5. The number of rotatable bonds is 10. The number of aromatic nitrogens is 2. The maximum atomic E-state index is 5.54. The summed E-state index contributed by atoms with van der Waals surface area (Å²) in [5, 5.41) is 8.00. The molecular formula is C22H36IN5O3. The van der Waals surface area contributed by atoms with Gasteiger partial charge in [-0.1, -0.05) is 0 Å². The lowest BCUT2D eigenvalue weighted by Crippen LogP contribution is -2.38. The van der Waals surface area contributed by atoms with Crippen molar-refractivity contribution in [2.45, 2.75) is 40.4 Å². The van der Waals surface area contributed by atoms with Gasteiger partial charge in [-0.2, -0.15) is 5.10 Å². The Morgan fingerprint density at radius 1 is 1.19 bits per heavy atom. The Balaban J connectivity index is 0.00000480.